The summed E-state index contributed by atoms with van der Waals surface area (Å²) in [6, 6.07) is 14.7. The van der Waals surface area contributed by atoms with Gasteiger partial charge in [0.2, 0.25) is 0 Å². The van der Waals surface area contributed by atoms with Crippen LogP contribution in [-0.2, 0) is 17.7 Å². The number of ether oxygens (including phenoxy) is 2. The molecule has 2 aromatic carbocycles. The Labute approximate surface area is 223 Å². The quantitative estimate of drug-likeness (QED) is 0.372. The molecule has 38 heavy (non-hydrogen) atoms. The second-order valence-electron chi connectivity index (χ2n) is 8.99. The van der Waals surface area contributed by atoms with E-state index in [1.54, 1.807) is 48.6 Å². The lowest BCUT2D eigenvalue weighted by Crippen LogP contribution is -2.40. The molecule has 5 rings (SSSR count). The van der Waals surface area contributed by atoms with E-state index in [1.165, 1.54) is 20.3 Å². The third-order valence-corrected chi connectivity index (χ3v) is 7.57. The number of hydrogen-bond donors (Lipinski definition) is 0. The van der Waals surface area contributed by atoms with Crippen molar-refractivity contribution >= 4 is 22.1 Å². The molecule has 0 spiro atoms. The molecule has 0 radical (unpaired) electrons. The molecule has 1 aliphatic heterocycles. The van der Waals surface area contributed by atoms with Crippen molar-refractivity contribution in [2.24, 2.45) is 0 Å². The summed E-state index contributed by atoms with van der Waals surface area (Å²) in [7, 11) is 1.62. The van der Waals surface area contributed by atoms with Crippen LogP contribution in [0, 0.1) is 18.8 Å². The Morgan fingerprint density at radius 3 is 2.58 bits per heavy atom. The van der Waals surface area contributed by atoms with Crippen LogP contribution in [0.3, 0.4) is 0 Å². The number of methoxy groups -OCH3 is 1. The highest BCUT2D eigenvalue weighted by Crippen LogP contribution is 2.17. The lowest BCUT2D eigenvalue weighted by Gasteiger charge is -2.26. The number of rotatable bonds is 5. The minimum absolute atomic E-state index is 0.0511. The highest BCUT2D eigenvalue weighted by molar-refractivity contribution is 7.15. The molecule has 1 amide bonds. The van der Waals surface area contributed by atoms with Gasteiger partial charge in [0, 0.05) is 36.0 Å². The largest absolute Gasteiger partial charge is 0.497 e. The van der Waals surface area contributed by atoms with Gasteiger partial charge in [-0.25, -0.2) is 9.20 Å². The van der Waals surface area contributed by atoms with Gasteiger partial charge in [-0.05, 0) is 48.2 Å². The van der Waals surface area contributed by atoms with Gasteiger partial charge in [0.05, 0.1) is 26.9 Å². The number of morpholine rings is 1. The van der Waals surface area contributed by atoms with Crippen molar-refractivity contribution < 1.29 is 14.3 Å². The molecule has 1 fully saturated rings. The lowest BCUT2D eigenvalue weighted by atomic mass is 10.1. The van der Waals surface area contributed by atoms with Crippen molar-refractivity contribution in [2.45, 2.75) is 19.9 Å². The number of fused-ring (bicyclic) bond motifs is 1. The van der Waals surface area contributed by atoms with Crippen molar-refractivity contribution in [1.29, 1.82) is 0 Å². The van der Waals surface area contributed by atoms with E-state index in [0.717, 1.165) is 16.9 Å². The summed E-state index contributed by atoms with van der Waals surface area (Å²) in [4.78, 5) is 41.6. The SMILES string of the molecule is COc1cccc(CC#Cc2csc3c(C)c(=O)n(Cc4ccc(C(=O)N5CCOCC5)cc4)c(=O)n23)c1. The highest BCUT2D eigenvalue weighted by atomic mass is 32.1. The molecule has 1 aliphatic rings. The minimum Gasteiger partial charge on any atom is -0.497 e. The van der Waals surface area contributed by atoms with Crippen molar-refractivity contribution in [3.8, 4) is 17.6 Å². The van der Waals surface area contributed by atoms with E-state index in [1.807, 2.05) is 24.3 Å². The standard InChI is InChI=1S/C29H27N3O5S/c1-20-26(33)31(18-22-9-11-23(12-10-22)27(34)30-13-15-37-16-14-30)29(35)32-24(19-38-28(20)32)7-3-5-21-6-4-8-25(17-21)36-2/h4,6,8-12,17,19H,5,13-16,18H2,1-2H3. The van der Waals surface area contributed by atoms with Crippen LogP contribution in [0.15, 0.2) is 63.5 Å². The zero-order valence-corrected chi connectivity index (χ0v) is 22.0. The maximum Gasteiger partial charge on any atom is 0.337 e. The van der Waals surface area contributed by atoms with E-state index in [4.69, 9.17) is 9.47 Å². The number of carbonyl (C=O) groups excluding carboxylic acids is 1. The number of carbonyl (C=O) groups is 1. The predicted molar refractivity (Wildman–Crippen MR) is 146 cm³/mol. The summed E-state index contributed by atoms with van der Waals surface area (Å²) in [6.07, 6.45) is 0.497. The molecule has 9 heteroatoms. The molecule has 3 heterocycles. The lowest BCUT2D eigenvalue weighted by molar-refractivity contribution is 0.0303. The molecule has 0 atom stereocenters. The van der Waals surface area contributed by atoms with E-state index in [0.29, 0.717) is 54.4 Å². The zero-order valence-electron chi connectivity index (χ0n) is 21.2. The van der Waals surface area contributed by atoms with Crippen LogP contribution in [0.4, 0.5) is 0 Å². The zero-order chi connectivity index (χ0) is 26.6. The first-order chi connectivity index (χ1) is 18.5. The summed E-state index contributed by atoms with van der Waals surface area (Å²) >= 11 is 1.33. The van der Waals surface area contributed by atoms with Gasteiger partial charge < -0.3 is 14.4 Å². The van der Waals surface area contributed by atoms with Crippen LogP contribution in [0.2, 0.25) is 0 Å². The van der Waals surface area contributed by atoms with Crippen LogP contribution >= 0.6 is 11.3 Å². The number of nitrogens with zero attached hydrogens (tertiary/aromatic N) is 3. The molecule has 0 bridgehead atoms. The van der Waals surface area contributed by atoms with E-state index in [2.05, 4.69) is 11.8 Å². The normalized spacial score (nSPS) is 13.3. The third-order valence-electron chi connectivity index (χ3n) is 6.52. The Bertz CT molecular complexity index is 1670. The van der Waals surface area contributed by atoms with Gasteiger partial charge in [-0.2, -0.15) is 0 Å². The monoisotopic (exact) mass is 529 g/mol. The fourth-order valence-electron chi connectivity index (χ4n) is 4.40. The van der Waals surface area contributed by atoms with Gasteiger partial charge >= 0.3 is 5.69 Å². The molecule has 8 nitrogen and oxygen atoms in total. The van der Waals surface area contributed by atoms with Crippen molar-refractivity contribution in [3.63, 3.8) is 0 Å². The molecule has 0 unspecified atom stereocenters. The molecule has 1 saturated heterocycles. The second-order valence-corrected chi connectivity index (χ2v) is 9.85. The summed E-state index contributed by atoms with van der Waals surface area (Å²) in [5, 5.41) is 1.80. The fourth-order valence-corrected chi connectivity index (χ4v) is 5.34. The average molecular weight is 530 g/mol. The molecule has 0 aliphatic carbocycles. The summed E-state index contributed by atoms with van der Waals surface area (Å²) < 4.78 is 13.3. The first-order valence-corrected chi connectivity index (χ1v) is 13.2. The van der Waals surface area contributed by atoms with Crippen LogP contribution in [0.1, 0.15) is 32.7 Å². The Kier molecular flexibility index (Phi) is 7.45. The first-order valence-electron chi connectivity index (χ1n) is 12.3. The number of hydrogen-bond acceptors (Lipinski definition) is 6. The van der Waals surface area contributed by atoms with Gasteiger partial charge in [0.15, 0.2) is 0 Å². The van der Waals surface area contributed by atoms with Crippen LogP contribution < -0.4 is 16.0 Å². The first kappa shape index (κ1) is 25.5. The minimum atomic E-state index is -0.434. The number of aromatic nitrogens is 2. The number of thiazole rings is 1. The molecular weight excluding hydrogens is 502 g/mol. The van der Waals surface area contributed by atoms with Crippen LogP contribution in [0.25, 0.3) is 4.83 Å². The Morgan fingerprint density at radius 1 is 1.08 bits per heavy atom. The molecule has 194 valence electrons. The number of amides is 1. The van der Waals surface area contributed by atoms with Crippen LogP contribution in [-0.4, -0.2) is 53.2 Å². The Morgan fingerprint density at radius 2 is 1.84 bits per heavy atom. The maximum absolute atomic E-state index is 13.5. The molecule has 0 saturated carbocycles. The van der Waals surface area contributed by atoms with Crippen molar-refractivity contribution in [2.75, 3.05) is 33.4 Å². The second kappa shape index (κ2) is 11.1. The Balaban J connectivity index is 1.41. The van der Waals surface area contributed by atoms with E-state index >= 15 is 0 Å². The van der Waals surface area contributed by atoms with Gasteiger partial charge in [-0.15, -0.1) is 11.3 Å². The van der Waals surface area contributed by atoms with E-state index in [-0.39, 0.29) is 18.0 Å². The fraction of sp³-hybridized carbons (Fsp3) is 0.276. The van der Waals surface area contributed by atoms with Gasteiger partial charge in [0.1, 0.15) is 16.3 Å². The van der Waals surface area contributed by atoms with Gasteiger partial charge in [-0.3, -0.25) is 14.2 Å². The summed E-state index contributed by atoms with van der Waals surface area (Å²) in [5.74, 6) is 6.94. The predicted octanol–water partition coefficient (Wildman–Crippen LogP) is 2.95. The molecule has 4 aromatic rings. The summed E-state index contributed by atoms with van der Waals surface area (Å²) in [6.45, 7) is 4.03. The average Bonchev–Trinajstić information content (AvgIpc) is 3.39. The molecular formula is C29H27N3O5S. The Hall–Kier alpha value is -4.13. The maximum atomic E-state index is 13.5. The summed E-state index contributed by atoms with van der Waals surface area (Å²) in [5.41, 5.74) is 2.60. The third kappa shape index (κ3) is 5.14. The number of aryl methyl sites for hydroxylation is 1. The van der Waals surface area contributed by atoms with Gasteiger partial charge in [-0.1, -0.05) is 30.2 Å². The van der Waals surface area contributed by atoms with Crippen molar-refractivity contribution in [3.05, 3.63) is 103 Å². The highest BCUT2D eigenvalue weighted by Gasteiger charge is 2.19. The smallest absolute Gasteiger partial charge is 0.337 e. The van der Waals surface area contributed by atoms with E-state index in [9.17, 15) is 14.4 Å². The number of benzene rings is 2. The topological polar surface area (TPSA) is 82.2 Å². The van der Waals surface area contributed by atoms with E-state index < -0.39 is 5.69 Å². The van der Waals surface area contributed by atoms with Crippen LogP contribution in [0.5, 0.6) is 5.75 Å². The van der Waals surface area contributed by atoms with Gasteiger partial charge in [0.25, 0.3) is 11.5 Å². The van der Waals surface area contributed by atoms with Crippen molar-refractivity contribution in [1.82, 2.24) is 13.9 Å². The molecule has 2 aromatic heterocycles. The molecule has 0 N–H and O–H groups in total.